The molecule has 1 fully saturated rings. The smallest absolute Gasteiger partial charge is 0.276 e. The summed E-state index contributed by atoms with van der Waals surface area (Å²) in [6, 6.07) is 3.06. The van der Waals surface area contributed by atoms with Gasteiger partial charge in [0.1, 0.15) is 5.75 Å². The summed E-state index contributed by atoms with van der Waals surface area (Å²) in [6.45, 7) is 1.30. The van der Waals surface area contributed by atoms with Crippen molar-refractivity contribution >= 4 is 5.91 Å². The highest BCUT2D eigenvalue weighted by atomic mass is 16.5. The van der Waals surface area contributed by atoms with Crippen LogP contribution >= 0.6 is 0 Å². The Bertz CT molecular complexity index is 416. The van der Waals surface area contributed by atoms with E-state index >= 15 is 0 Å². The first-order chi connectivity index (χ1) is 8.68. The largest absolute Gasteiger partial charge is 0.505 e. The number of hydrogen-bond acceptors (Lipinski definition) is 4. The third kappa shape index (κ3) is 2.98. The minimum Gasteiger partial charge on any atom is -0.505 e. The zero-order valence-corrected chi connectivity index (χ0v) is 10.5. The fourth-order valence-electron chi connectivity index (χ4n) is 2.08. The van der Waals surface area contributed by atoms with Crippen molar-refractivity contribution in [2.45, 2.75) is 25.4 Å². The van der Waals surface area contributed by atoms with Crippen LogP contribution in [0.4, 0.5) is 0 Å². The van der Waals surface area contributed by atoms with Crippen LogP contribution in [0, 0.1) is 0 Å². The van der Waals surface area contributed by atoms with E-state index in [1.807, 2.05) is 0 Å². The second-order valence-corrected chi connectivity index (χ2v) is 4.55. The van der Waals surface area contributed by atoms with Crippen LogP contribution in [0.15, 0.2) is 18.3 Å². The van der Waals surface area contributed by atoms with Crippen LogP contribution in [0.25, 0.3) is 0 Å². The molecule has 1 aliphatic rings. The second kappa shape index (κ2) is 5.82. The summed E-state index contributed by atoms with van der Waals surface area (Å²) in [7, 11) is 1.70. The molecule has 1 saturated heterocycles. The molecule has 2 heterocycles. The molecule has 5 heteroatoms. The Morgan fingerprint density at radius 3 is 3.11 bits per heavy atom. The van der Waals surface area contributed by atoms with Crippen molar-refractivity contribution in [3.63, 3.8) is 0 Å². The van der Waals surface area contributed by atoms with Gasteiger partial charge in [0.15, 0.2) is 5.69 Å². The van der Waals surface area contributed by atoms with E-state index in [2.05, 4.69) is 4.98 Å². The van der Waals surface area contributed by atoms with Gasteiger partial charge in [0, 0.05) is 26.4 Å². The number of aromatic nitrogens is 1. The van der Waals surface area contributed by atoms with Crippen LogP contribution in [-0.2, 0) is 4.74 Å². The van der Waals surface area contributed by atoms with E-state index in [0.717, 1.165) is 25.9 Å². The number of aromatic hydroxyl groups is 1. The second-order valence-electron chi connectivity index (χ2n) is 4.55. The molecule has 0 aromatic carbocycles. The van der Waals surface area contributed by atoms with Gasteiger partial charge in [-0.1, -0.05) is 0 Å². The van der Waals surface area contributed by atoms with Crippen molar-refractivity contribution in [2.75, 3.05) is 20.2 Å². The lowest BCUT2D eigenvalue weighted by Crippen LogP contribution is -2.37. The minimum atomic E-state index is -0.276. The topological polar surface area (TPSA) is 62.7 Å². The number of hydrogen-bond donors (Lipinski definition) is 1. The average Bonchev–Trinajstić information content (AvgIpc) is 2.39. The van der Waals surface area contributed by atoms with Gasteiger partial charge in [-0.2, -0.15) is 0 Å². The molecule has 0 bridgehead atoms. The summed E-state index contributed by atoms with van der Waals surface area (Å²) >= 11 is 0. The van der Waals surface area contributed by atoms with Crippen LogP contribution in [0.1, 0.15) is 29.8 Å². The number of likely N-dealkylation sites (N-methyl/N-ethyl adjacent to an activating group) is 1. The molecule has 5 nitrogen and oxygen atoms in total. The Morgan fingerprint density at radius 2 is 2.44 bits per heavy atom. The monoisotopic (exact) mass is 250 g/mol. The molecule has 2 rings (SSSR count). The Labute approximate surface area is 106 Å². The number of pyridine rings is 1. The van der Waals surface area contributed by atoms with E-state index < -0.39 is 0 Å². The maximum absolute atomic E-state index is 12.1. The zero-order valence-electron chi connectivity index (χ0n) is 10.5. The highest BCUT2D eigenvalue weighted by Crippen LogP contribution is 2.17. The van der Waals surface area contributed by atoms with Crippen molar-refractivity contribution in [1.29, 1.82) is 0 Å². The third-order valence-corrected chi connectivity index (χ3v) is 3.09. The van der Waals surface area contributed by atoms with Crippen LogP contribution in [-0.4, -0.2) is 47.2 Å². The third-order valence-electron chi connectivity index (χ3n) is 3.09. The molecule has 1 aromatic rings. The number of ether oxygens (including phenoxy) is 1. The first-order valence-corrected chi connectivity index (χ1v) is 6.19. The standard InChI is InChI=1S/C13H18N2O3/c1-15(9-10-5-2-3-8-18-10)13(17)12-11(16)6-4-7-14-12/h4,6-7,10,16H,2-3,5,8-9H2,1H3. The summed E-state index contributed by atoms with van der Waals surface area (Å²) in [5.41, 5.74) is 0.0933. The highest BCUT2D eigenvalue weighted by molar-refractivity contribution is 5.94. The zero-order chi connectivity index (χ0) is 13.0. The molecule has 1 aliphatic heterocycles. The van der Waals surface area contributed by atoms with Crippen LogP contribution in [0.5, 0.6) is 5.75 Å². The van der Waals surface area contributed by atoms with Crippen molar-refractivity contribution in [1.82, 2.24) is 9.88 Å². The Kier molecular flexibility index (Phi) is 4.15. The SMILES string of the molecule is CN(CC1CCCCO1)C(=O)c1ncccc1O. The molecule has 1 atom stereocenters. The molecule has 0 radical (unpaired) electrons. The normalized spacial score (nSPS) is 19.5. The molecular formula is C13H18N2O3. The van der Waals surface area contributed by atoms with Gasteiger partial charge in [0.25, 0.3) is 5.91 Å². The van der Waals surface area contributed by atoms with Gasteiger partial charge in [-0.15, -0.1) is 0 Å². The van der Waals surface area contributed by atoms with E-state index in [1.54, 1.807) is 18.0 Å². The lowest BCUT2D eigenvalue weighted by molar-refractivity contribution is -0.000347. The van der Waals surface area contributed by atoms with Crippen molar-refractivity contribution in [3.8, 4) is 5.75 Å². The first kappa shape index (κ1) is 12.8. The molecule has 0 spiro atoms. The molecule has 1 unspecified atom stereocenters. The summed E-state index contributed by atoms with van der Waals surface area (Å²) < 4.78 is 5.59. The fraction of sp³-hybridized carbons (Fsp3) is 0.538. The quantitative estimate of drug-likeness (QED) is 0.881. The molecule has 0 saturated carbocycles. The summed E-state index contributed by atoms with van der Waals surface area (Å²) in [6.07, 6.45) is 4.80. The molecule has 98 valence electrons. The lowest BCUT2D eigenvalue weighted by Gasteiger charge is -2.27. The summed E-state index contributed by atoms with van der Waals surface area (Å²) in [4.78, 5) is 17.6. The van der Waals surface area contributed by atoms with E-state index in [4.69, 9.17) is 4.74 Å². The fourth-order valence-corrected chi connectivity index (χ4v) is 2.08. The van der Waals surface area contributed by atoms with Crippen LogP contribution < -0.4 is 0 Å². The minimum absolute atomic E-state index is 0.0843. The maximum atomic E-state index is 12.1. The van der Waals surface area contributed by atoms with Gasteiger partial charge in [-0.25, -0.2) is 4.98 Å². The van der Waals surface area contributed by atoms with Gasteiger partial charge in [0.2, 0.25) is 0 Å². The Balaban J connectivity index is 1.98. The van der Waals surface area contributed by atoms with Crippen LogP contribution in [0.2, 0.25) is 0 Å². The summed E-state index contributed by atoms with van der Waals surface area (Å²) in [5.74, 6) is -0.360. The lowest BCUT2D eigenvalue weighted by atomic mass is 10.1. The van der Waals surface area contributed by atoms with Crippen molar-refractivity contribution in [3.05, 3.63) is 24.0 Å². The molecule has 1 aromatic heterocycles. The predicted molar refractivity (Wildman–Crippen MR) is 66.5 cm³/mol. The molecule has 0 aliphatic carbocycles. The number of amides is 1. The molecule has 1 amide bonds. The van der Waals surface area contributed by atoms with Gasteiger partial charge in [-0.3, -0.25) is 4.79 Å². The highest BCUT2D eigenvalue weighted by Gasteiger charge is 2.22. The van der Waals surface area contributed by atoms with Gasteiger partial charge < -0.3 is 14.7 Å². The van der Waals surface area contributed by atoms with Crippen molar-refractivity contribution < 1.29 is 14.6 Å². The Morgan fingerprint density at radius 1 is 1.61 bits per heavy atom. The number of carbonyl (C=O) groups excluding carboxylic acids is 1. The molecule has 18 heavy (non-hydrogen) atoms. The summed E-state index contributed by atoms with van der Waals surface area (Å²) in [5, 5.41) is 9.59. The Hall–Kier alpha value is -1.62. The predicted octanol–water partition coefficient (Wildman–Crippen LogP) is 1.43. The van der Waals surface area contributed by atoms with E-state index in [9.17, 15) is 9.90 Å². The number of rotatable bonds is 3. The van der Waals surface area contributed by atoms with E-state index in [-0.39, 0.29) is 23.5 Å². The van der Waals surface area contributed by atoms with Crippen molar-refractivity contribution in [2.24, 2.45) is 0 Å². The average molecular weight is 250 g/mol. The number of nitrogens with zero attached hydrogens (tertiary/aromatic N) is 2. The molecular weight excluding hydrogens is 232 g/mol. The number of carbonyl (C=O) groups is 1. The van der Waals surface area contributed by atoms with Crippen LogP contribution in [0.3, 0.4) is 0 Å². The van der Waals surface area contributed by atoms with Gasteiger partial charge in [-0.05, 0) is 31.4 Å². The maximum Gasteiger partial charge on any atom is 0.276 e. The van der Waals surface area contributed by atoms with E-state index in [1.165, 1.54) is 12.3 Å². The first-order valence-electron chi connectivity index (χ1n) is 6.19. The van der Waals surface area contributed by atoms with E-state index in [0.29, 0.717) is 6.54 Å². The molecule has 1 N–H and O–H groups in total. The van der Waals surface area contributed by atoms with Gasteiger partial charge in [0.05, 0.1) is 6.10 Å². The van der Waals surface area contributed by atoms with Gasteiger partial charge >= 0.3 is 0 Å².